The minimum absolute atomic E-state index is 0.131. The molecule has 1 aromatic heterocycles. The molecule has 4 saturated carbocycles. The van der Waals surface area contributed by atoms with E-state index in [0.717, 1.165) is 17.8 Å². The highest BCUT2D eigenvalue weighted by atomic mass is 16.2. The van der Waals surface area contributed by atoms with Crippen LogP contribution in [0.25, 0.3) is 0 Å². The number of imidazole rings is 1. The van der Waals surface area contributed by atoms with Crippen LogP contribution in [0.2, 0.25) is 0 Å². The third-order valence-electron chi connectivity index (χ3n) is 5.33. The van der Waals surface area contributed by atoms with Gasteiger partial charge in [-0.3, -0.25) is 4.79 Å². The fourth-order valence-electron chi connectivity index (χ4n) is 5.15. The van der Waals surface area contributed by atoms with Crippen LogP contribution in [0.1, 0.15) is 38.5 Å². The molecule has 0 radical (unpaired) electrons. The van der Waals surface area contributed by atoms with E-state index in [9.17, 15) is 4.79 Å². The first-order valence-electron chi connectivity index (χ1n) is 7.47. The molecule has 0 aliphatic heterocycles. The topological polar surface area (TPSA) is 46.9 Å². The smallest absolute Gasteiger partial charge is 0.240 e. The number of carbonyl (C=O) groups is 1. The van der Waals surface area contributed by atoms with Gasteiger partial charge in [0.05, 0.1) is 6.33 Å². The summed E-state index contributed by atoms with van der Waals surface area (Å²) < 4.78 is 1.84. The molecule has 1 N–H and O–H groups in total. The van der Waals surface area contributed by atoms with Gasteiger partial charge in [-0.25, -0.2) is 4.98 Å². The summed E-state index contributed by atoms with van der Waals surface area (Å²) >= 11 is 0. The van der Waals surface area contributed by atoms with E-state index in [2.05, 4.69) is 10.3 Å². The molecule has 0 unspecified atom stereocenters. The molecule has 1 amide bonds. The molecule has 4 aliphatic carbocycles. The van der Waals surface area contributed by atoms with Crippen molar-refractivity contribution in [1.82, 2.24) is 14.9 Å². The Morgan fingerprint density at radius 2 is 1.84 bits per heavy atom. The molecular weight excluding hydrogens is 238 g/mol. The van der Waals surface area contributed by atoms with E-state index in [4.69, 9.17) is 0 Å². The highest BCUT2D eigenvalue weighted by Crippen LogP contribution is 2.55. The maximum atomic E-state index is 12.2. The zero-order chi connectivity index (χ0) is 12.9. The number of carbonyl (C=O) groups excluding carboxylic acids is 1. The average molecular weight is 259 g/mol. The largest absolute Gasteiger partial charge is 0.349 e. The quantitative estimate of drug-likeness (QED) is 0.902. The van der Waals surface area contributed by atoms with Crippen LogP contribution in [0.3, 0.4) is 0 Å². The van der Waals surface area contributed by atoms with Gasteiger partial charge < -0.3 is 9.88 Å². The SMILES string of the molecule is O=C(Cn1ccnc1)NC12CC3CC(CC(C3)C1)C2. The van der Waals surface area contributed by atoms with Crippen molar-refractivity contribution in [1.29, 1.82) is 0 Å². The summed E-state index contributed by atoms with van der Waals surface area (Å²) in [6.07, 6.45) is 13.2. The Bertz CT molecular complexity index is 444. The summed E-state index contributed by atoms with van der Waals surface area (Å²) in [5.41, 5.74) is 0.131. The Morgan fingerprint density at radius 3 is 2.37 bits per heavy atom. The third-order valence-corrected chi connectivity index (χ3v) is 5.33. The molecule has 102 valence electrons. The van der Waals surface area contributed by atoms with Gasteiger partial charge in [-0.2, -0.15) is 0 Å². The van der Waals surface area contributed by atoms with Gasteiger partial charge in [0.2, 0.25) is 5.91 Å². The Hall–Kier alpha value is -1.32. The Kier molecular flexibility index (Phi) is 2.47. The molecule has 1 heterocycles. The lowest BCUT2D eigenvalue weighted by atomic mass is 9.53. The fraction of sp³-hybridized carbons (Fsp3) is 0.733. The molecule has 0 spiro atoms. The summed E-state index contributed by atoms with van der Waals surface area (Å²) in [4.78, 5) is 16.2. The predicted octanol–water partition coefficient (Wildman–Crippen LogP) is 1.97. The van der Waals surface area contributed by atoms with Crippen LogP contribution in [0.4, 0.5) is 0 Å². The molecule has 1 aromatic rings. The first-order valence-corrected chi connectivity index (χ1v) is 7.47. The van der Waals surface area contributed by atoms with Gasteiger partial charge in [-0.15, -0.1) is 0 Å². The van der Waals surface area contributed by atoms with E-state index in [0.29, 0.717) is 6.54 Å². The summed E-state index contributed by atoms with van der Waals surface area (Å²) in [5.74, 6) is 2.78. The molecule has 4 bridgehead atoms. The molecule has 4 fully saturated rings. The number of nitrogens with one attached hydrogen (secondary N) is 1. The van der Waals surface area contributed by atoms with E-state index in [1.165, 1.54) is 38.5 Å². The number of rotatable bonds is 3. The Labute approximate surface area is 113 Å². The average Bonchev–Trinajstić information content (AvgIpc) is 2.78. The minimum Gasteiger partial charge on any atom is -0.349 e. The molecular formula is C15H21N3O. The number of nitrogens with zero attached hydrogens (tertiary/aromatic N) is 2. The van der Waals surface area contributed by atoms with Crippen LogP contribution < -0.4 is 5.32 Å². The van der Waals surface area contributed by atoms with E-state index in [1.54, 1.807) is 12.5 Å². The lowest BCUT2D eigenvalue weighted by Gasteiger charge is -2.56. The lowest BCUT2D eigenvalue weighted by Crippen LogP contribution is -2.60. The second-order valence-electron chi connectivity index (χ2n) is 6.98. The van der Waals surface area contributed by atoms with Crippen molar-refractivity contribution < 1.29 is 4.79 Å². The predicted molar refractivity (Wildman–Crippen MR) is 71.3 cm³/mol. The van der Waals surface area contributed by atoms with Crippen LogP contribution in [0, 0.1) is 17.8 Å². The van der Waals surface area contributed by atoms with Gasteiger partial charge in [-0.05, 0) is 56.3 Å². The van der Waals surface area contributed by atoms with Gasteiger partial charge in [0.1, 0.15) is 6.54 Å². The summed E-state index contributed by atoms with van der Waals surface area (Å²) in [6.45, 7) is 0.405. The molecule has 19 heavy (non-hydrogen) atoms. The highest BCUT2D eigenvalue weighted by Gasteiger charge is 2.51. The van der Waals surface area contributed by atoms with E-state index >= 15 is 0 Å². The third kappa shape index (κ3) is 2.07. The van der Waals surface area contributed by atoms with E-state index in [1.807, 2.05) is 10.8 Å². The van der Waals surface area contributed by atoms with Gasteiger partial charge in [-0.1, -0.05) is 0 Å². The molecule has 0 atom stereocenters. The number of hydrogen-bond donors (Lipinski definition) is 1. The first kappa shape index (κ1) is 11.5. The molecule has 0 saturated heterocycles. The molecule has 4 aliphatic rings. The van der Waals surface area contributed by atoms with Crippen molar-refractivity contribution in [2.45, 2.75) is 50.6 Å². The summed E-state index contributed by atoms with van der Waals surface area (Å²) in [7, 11) is 0. The van der Waals surface area contributed by atoms with Gasteiger partial charge >= 0.3 is 0 Å². The van der Waals surface area contributed by atoms with Crippen LogP contribution in [-0.4, -0.2) is 21.0 Å². The molecule has 5 rings (SSSR count). The molecule has 4 nitrogen and oxygen atoms in total. The molecule has 4 heteroatoms. The van der Waals surface area contributed by atoms with Crippen LogP contribution in [0.15, 0.2) is 18.7 Å². The number of aromatic nitrogens is 2. The Balaban J connectivity index is 1.46. The minimum atomic E-state index is 0.131. The van der Waals surface area contributed by atoms with Crippen molar-refractivity contribution in [3.63, 3.8) is 0 Å². The fourth-order valence-corrected chi connectivity index (χ4v) is 5.15. The second-order valence-corrected chi connectivity index (χ2v) is 6.98. The van der Waals surface area contributed by atoms with Gasteiger partial charge in [0, 0.05) is 17.9 Å². The van der Waals surface area contributed by atoms with E-state index in [-0.39, 0.29) is 11.4 Å². The lowest BCUT2D eigenvalue weighted by molar-refractivity contribution is -0.127. The van der Waals surface area contributed by atoms with Crippen LogP contribution in [0.5, 0.6) is 0 Å². The summed E-state index contributed by atoms with van der Waals surface area (Å²) in [6, 6.07) is 0. The van der Waals surface area contributed by atoms with E-state index < -0.39 is 0 Å². The highest BCUT2D eigenvalue weighted by molar-refractivity contribution is 5.76. The standard InChI is InChI=1S/C15H21N3O/c19-14(9-18-2-1-16-10-18)17-15-6-11-3-12(7-15)5-13(4-11)8-15/h1-2,10-13H,3-9H2,(H,17,19). The summed E-state index contributed by atoms with van der Waals surface area (Å²) in [5, 5.41) is 3.38. The Morgan fingerprint density at radius 1 is 1.21 bits per heavy atom. The van der Waals surface area contributed by atoms with Gasteiger partial charge in [0.15, 0.2) is 0 Å². The number of hydrogen-bond acceptors (Lipinski definition) is 2. The van der Waals surface area contributed by atoms with Crippen LogP contribution in [-0.2, 0) is 11.3 Å². The van der Waals surface area contributed by atoms with Crippen molar-refractivity contribution >= 4 is 5.91 Å². The molecule has 0 aromatic carbocycles. The van der Waals surface area contributed by atoms with Crippen molar-refractivity contribution in [2.24, 2.45) is 17.8 Å². The normalized spacial score (nSPS) is 39.5. The second kappa shape index (κ2) is 4.09. The monoisotopic (exact) mass is 259 g/mol. The van der Waals surface area contributed by atoms with Crippen molar-refractivity contribution in [3.8, 4) is 0 Å². The number of amides is 1. The zero-order valence-corrected chi connectivity index (χ0v) is 11.2. The van der Waals surface area contributed by atoms with Crippen LogP contribution >= 0.6 is 0 Å². The van der Waals surface area contributed by atoms with Crippen molar-refractivity contribution in [2.75, 3.05) is 0 Å². The van der Waals surface area contributed by atoms with Gasteiger partial charge in [0.25, 0.3) is 0 Å². The zero-order valence-electron chi connectivity index (χ0n) is 11.2. The van der Waals surface area contributed by atoms with Crippen molar-refractivity contribution in [3.05, 3.63) is 18.7 Å². The maximum Gasteiger partial charge on any atom is 0.240 e. The maximum absolute atomic E-state index is 12.2. The first-order chi connectivity index (χ1) is 9.21.